The lowest BCUT2D eigenvalue weighted by Gasteiger charge is -2.33. The molecule has 3 rings (SSSR count). The second-order valence-corrected chi connectivity index (χ2v) is 7.78. The van der Waals surface area contributed by atoms with E-state index in [9.17, 15) is 18.0 Å². The third-order valence-corrected chi connectivity index (χ3v) is 4.57. The molecule has 0 spiro atoms. The third kappa shape index (κ3) is 3.94. The molecule has 3 nitrogen and oxygen atoms in total. The summed E-state index contributed by atoms with van der Waals surface area (Å²) in [7, 11) is 0. The number of halogens is 3. The zero-order valence-electron chi connectivity index (χ0n) is 15.8. The van der Waals surface area contributed by atoms with Crippen LogP contribution in [0, 0.1) is 24.4 Å². The summed E-state index contributed by atoms with van der Waals surface area (Å²) in [4.78, 5) is 14.0. The van der Waals surface area contributed by atoms with Crippen molar-refractivity contribution in [2.75, 3.05) is 6.54 Å². The second-order valence-electron chi connectivity index (χ2n) is 7.78. The Morgan fingerprint density at radius 3 is 2.30 bits per heavy atom. The van der Waals surface area contributed by atoms with E-state index in [1.807, 2.05) is 6.92 Å². The fourth-order valence-electron chi connectivity index (χ4n) is 3.37. The molecule has 1 aliphatic heterocycles. The molecular formula is C21H22F3NO2. The van der Waals surface area contributed by atoms with Gasteiger partial charge in [-0.2, -0.15) is 0 Å². The Balaban J connectivity index is 2.05. The van der Waals surface area contributed by atoms with Crippen LogP contribution in [-0.4, -0.2) is 23.1 Å². The number of aryl methyl sites for hydroxylation is 1. The number of hydrogen-bond donors (Lipinski definition) is 0. The maximum Gasteiger partial charge on any atom is 0.410 e. The van der Waals surface area contributed by atoms with Crippen LogP contribution in [0.1, 0.15) is 37.5 Å². The molecule has 0 unspecified atom stereocenters. The van der Waals surface area contributed by atoms with Crippen LogP contribution in [0.3, 0.4) is 0 Å². The first kappa shape index (κ1) is 19.3. The molecule has 1 heterocycles. The summed E-state index contributed by atoms with van der Waals surface area (Å²) >= 11 is 0. The van der Waals surface area contributed by atoms with Crippen LogP contribution < -0.4 is 0 Å². The highest BCUT2D eigenvalue weighted by molar-refractivity contribution is 5.74. The molecule has 27 heavy (non-hydrogen) atoms. The van der Waals surface area contributed by atoms with Gasteiger partial charge in [0.05, 0.1) is 5.56 Å². The number of benzene rings is 2. The van der Waals surface area contributed by atoms with E-state index in [-0.39, 0.29) is 12.1 Å². The van der Waals surface area contributed by atoms with E-state index < -0.39 is 29.1 Å². The van der Waals surface area contributed by atoms with Gasteiger partial charge in [-0.1, -0.05) is 12.1 Å². The number of amides is 1. The first-order chi connectivity index (χ1) is 12.6. The van der Waals surface area contributed by atoms with Crippen LogP contribution >= 0.6 is 0 Å². The van der Waals surface area contributed by atoms with Gasteiger partial charge in [0.2, 0.25) is 0 Å². The average Bonchev–Trinajstić information content (AvgIpc) is 2.54. The van der Waals surface area contributed by atoms with Gasteiger partial charge in [0.25, 0.3) is 0 Å². The van der Waals surface area contributed by atoms with Gasteiger partial charge in [-0.3, -0.25) is 0 Å². The Bertz CT molecular complexity index is 880. The summed E-state index contributed by atoms with van der Waals surface area (Å²) in [6, 6.07) is 4.74. The molecule has 6 heteroatoms. The van der Waals surface area contributed by atoms with Gasteiger partial charge in [0, 0.05) is 25.2 Å². The van der Waals surface area contributed by atoms with Crippen molar-refractivity contribution in [1.29, 1.82) is 0 Å². The van der Waals surface area contributed by atoms with Crippen LogP contribution in [0.4, 0.5) is 18.0 Å². The van der Waals surface area contributed by atoms with E-state index >= 15 is 0 Å². The minimum absolute atomic E-state index is 0.178. The van der Waals surface area contributed by atoms with Gasteiger partial charge in [-0.25, -0.2) is 18.0 Å². The van der Waals surface area contributed by atoms with Gasteiger partial charge < -0.3 is 9.64 Å². The molecule has 2 aromatic carbocycles. The quantitative estimate of drug-likeness (QED) is 0.668. The highest BCUT2D eigenvalue weighted by Crippen LogP contribution is 2.36. The van der Waals surface area contributed by atoms with E-state index in [4.69, 9.17) is 4.74 Å². The Labute approximate surface area is 156 Å². The number of carbonyl (C=O) groups is 1. The predicted octanol–water partition coefficient (Wildman–Crippen LogP) is 5.37. The average molecular weight is 377 g/mol. The van der Waals surface area contributed by atoms with Crippen LogP contribution in [-0.2, 0) is 17.7 Å². The number of fused-ring (bicyclic) bond motifs is 1. The highest BCUT2D eigenvalue weighted by Gasteiger charge is 2.29. The van der Waals surface area contributed by atoms with Gasteiger partial charge >= 0.3 is 6.09 Å². The molecule has 0 aliphatic carbocycles. The van der Waals surface area contributed by atoms with E-state index in [0.717, 1.165) is 11.1 Å². The lowest BCUT2D eigenvalue weighted by Crippen LogP contribution is -2.40. The van der Waals surface area contributed by atoms with Gasteiger partial charge in [-0.15, -0.1) is 0 Å². The second kappa shape index (κ2) is 6.91. The normalized spacial score (nSPS) is 14.1. The smallest absolute Gasteiger partial charge is 0.410 e. The largest absolute Gasteiger partial charge is 0.444 e. The maximum absolute atomic E-state index is 14.4. The topological polar surface area (TPSA) is 29.5 Å². The summed E-state index contributed by atoms with van der Waals surface area (Å²) in [6.07, 6.45) is 0.0826. The summed E-state index contributed by atoms with van der Waals surface area (Å²) in [5.74, 6) is -2.90. The lowest BCUT2D eigenvalue weighted by atomic mass is 9.88. The molecule has 0 saturated carbocycles. The number of ether oxygens (including phenoxy) is 1. The van der Waals surface area contributed by atoms with Gasteiger partial charge in [0.15, 0.2) is 0 Å². The van der Waals surface area contributed by atoms with Gasteiger partial charge in [-0.05, 0) is 56.4 Å². The van der Waals surface area contributed by atoms with E-state index in [1.165, 1.54) is 4.90 Å². The zero-order valence-corrected chi connectivity index (χ0v) is 15.8. The fourth-order valence-corrected chi connectivity index (χ4v) is 3.37. The van der Waals surface area contributed by atoms with Gasteiger partial charge in [0.1, 0.15) is 23.1 Å². The molecule has 0 atom stereocenters. The molecular weight excluding hydrogens is 355 g/mol. The number of hydrogen-bond acceptors (Lipinski definition) is 2. The Kier molecular flexibility index (Phi) is 4.93. The molecule has 144 valence electrons. The Hall–Kier alpha value is -2.50. The van der Waals surface area contributed by atoms with Crippen LogP contribution in [0.2, 0.25) is 0 Å². The molecule has 0 radical (unpaired) electrons. The molecule has 0 bridgehead atoms. The predicted molar refractivity (Wildman–Crippen MR) is 96.8 cm³/mol. The maximum atomic E-state index is 14.4. The van der Waals surface area contributed by atoms with E-state index in [2.05, 4.69) is 0 Å². The molecule has 1 amide bonds. The van der Waals surface area contributed by atoms with Crippen molar-refractivity contribution in [1.82, 2.24) is 4.90 Å². The summed E-state index contributed by atoms with van der Waals surface area (Å²) < 4.78 is 47.4. The summed E-state index contributed by atoms with van der Waals surface area (Å²) in [5.41, 5.74) is 2.02. The fraction of sp³-hybridized carbons (Fsp3) is 0.381. The minimum Gasteiger partial charge on any atom is -0.444 e. The molecule has 0 aromatic heterocycles. The van der Waals surface area contributed by atoms with Crippen LogP contribution in [0.15, 0.2) is 24.3 Å². The molecule has 2 aromatic rings. The van der Waals surface area contributed by atoms with E-state index in [1.54, 1.807) is 32.9 Å². The van der Waals surface area contributed by atoms with Crippen molar-refractivity contribution in [3.63, 3.8) is 0 Å². The Morgan fingerprint density at radius 1 is 1.07 bits per heavy atom. The van der Waals surface area contributed by atoms with Crippen molar-refractivity contribution in [3.8, 4) is 11.1 Å². The molecule has 0 fully saturated rings. The molecule has 0 N–H and O–H groups in total. The first-order valence-corrected chi connectivity index (χ1v) is 8.81. The highest BCUT2D eigenvalue weighted by atomic mass is 19.1. The SMILES string of the molecule is Cc1ccc(-c2c(F)cc(F)cc2F)c2c1CCN(C(=O)OC(C)(C)C)C2. The van der Waals surface area contributed by atoms with Crippen LogP contribution in [0.5, 0.6) is 0 Å². The van der Waals surface area contributed by atoms with Crippen molar-refractivity contribution in [2.45, 2.75) is 46.3 Å². The molecule has 0 saturated heterocycles. The number of rotatable bonds is 1. The molecule has 1 aliphatic rings. The lowest BCUT2D eigenvalue weighted by molar-refractivity contribution is 0.0224. The van der Waals surface area contributed by atoms with Crippen molar-refractivity contribution in [2.24, 2.45) is 0 Å². The summed E-state index contributed by atoms with van der Waals surface area (Å²) in [6.45, 7) is 7.89. The standard InChI is InChI=1S/C21H22F3NO2/c1-12-5-6-15(19-17(23)9-13(22)10-18(19)24)16-11-25(8-7-14(12)16)20(26)27-21(2,3)4/h5-6,9-10H,7-8,11H2,1-4H3. The first-order valence-electron chi connectivity index (χ1n) is 8.81. The monoisotopic (exact) mass is 377 g/mol. The van der Waals surface area contributed by atoms with Crippen molar-refractivity contribution >= 4 is 6.09 Å². The zero-order chi connectivity index (χ0) is 19.9. The van der Waals surface area contributed by atoms with Crippen molar-refractivity contribution in [3.05, 3.63) is 58.4 Å². The van der Waals surface area contributed by atoms with Crippen LogP contribution in [0.25, 0.3) is 11.1 Å². The Morgan fingerprint density at radius 2 is 1.70 bits per heavy atom. The number of carbonyl (C=O) groups excluding carboxylic acids is 1. The summed E-state index contributed by atoms with van der Waals surface area (Å²) in [5, 5.41) is 0. The minimum atomic E-state index is -0.967. The van der Waals surface area contributed by atoms with Crippen molar-refractivity contribution < 1.29 is 22.7 Å². The third-order valence-electron chi connectivity index (χ3n) is 4.57. The number of nitrogens with zero attached hydrogens (tertiary/aromatic N) is 1. The van der Waals surface area contributed by atoms with E-state index in [0.29, 0.717) is 36.2 Å².